The Hall–Kier alpha value is -0.750. The van der Waals surface area contributed by atoms with Crippen LogP contribution in [-0.4, -0.2) is 61.7 Å². The van der Waals surface area contributed by atoms with Gasteiger partial charge in [0.1, 0.15) is 12.1 Å². The summed E-state index contributed by atoms with van der Waals surface area (Å²) in [7, 11) is 2.72. The van der Waals surface area contributed by atoms with E-state index in [-0.39, 0.29) is 24.0 Å². The first-order valence-electron chi connectivity index (χ1n) is 5.06. The number of carbonyl (C=O) groups excluding carboxylic acids is 2. The number of thioether (sulfide) groups is 1. The van der Waals surface area contributed by atoms with Crippen LogP contribution in [0.4, 0.5) is 0 Å². The van der Waals surface area contributed by atoms with Gasteiger partial charge in [-0.2, -0.15) is 11.8 Å². The summed E-state index contributed by atoms with van der Waals surface area (Å²) in [6, 6.07) is -0.586. The molecule has 0 bridgehead atoms. The molecule has 92 valence electrons. The highest BCUT2D eigenvalue weighted by atomic mass is 32.2. The minimum Gasteiger partial charge on any atom is -0.468 e. The van der Waals surface area contributed by atoms with Crippen molar-refractivity contribution in [3.05, 3.63) is 0 Å². The van der Waals surface area contributed by atoms with Crippen LogP contribution in [-0.2, 0) is 19.1 Å². The first-order valence-corrected chi connectivity index (χ1v) is 6.45. The summed E-state index contributed by atoms with van der Waals surface area (Å²) in [6.45, 7) is 0.584. The first-order chi connectivity index (χ1) is 7.65. The molecule has 0 N–H and O–H groups in total. The van der Waals surface area contributed by atoms with E-state index in [2.05, 4.69) is 4.74 Å². The summed E-state index contributed by atoms with van der Waals surface area (Å²) in [5, 5.41) is 0. The van der Waals surface area contributed by atoms with E-state index in [9.17, 15) is 9.59 Å². The highest BCUT2D eigenvalue weighted by Crippen LogP contribution is 2.25. The predicted octanol–water partition coefficient (Wildman–Crippen LogP) is 0.138. The molecule has 6 heteroatoms. The van der Waals surface area contributed by atoms with E-state index in [4.69, 9.17) is 4.74 Å². The predicted molar refractivity (Wildman–Crippen MR) is 61.3 cm³/mol. The highest BCUT2D eigenvalue weighted by molar-refractivity contribution is 7.98. The fraction of sp³-hybridized carbons (Fsp3) is 0.800. The van der Waals surface area contributed by atoms with Gasteiger partial charge in [-0.05, 0) is 18.4 Å². The Morgan fingerprint density at radius 1 is 1.44 bits per heavy atom. The van der Waals surface area contributed by atoms with Crippen molar-refractivity contribution in [3.8, 4) is 0 Å². The van der Waals surface area contributed by atoms with Crippen LogP contribution in [0.3, 0.4) is 0 Å². The molecule has 16 heavy (non-hydrogen) atoms. The van der Waals surface area contributed by atoms with E-state index < -0.39 is 0 Å². The van der Waals surface area contributed by atoms with Crippen LogP contribution >= 0.6 is 11.8 Å². The monoisotopic (exact) mass is 247 g/mol. The van der Waals surface area contributed by atoms with E-state index >= 15 is 0 Å². The lowest BCUT2D eigenvalue weighted by Crippen LogP contribution is -2.33. The molecule has 0 aromatic carbocycles. The van der Waals surface area contributed by atoms with Crippen LogP contribution in [0.15, 0.2) is 0 Å². The zero-order valence-corrected chi connectivity index (χ0v) is 10.6. The molecule has 0 radical (unpaired) electrons. The van der Waals surface area contributed by atoms with Crippen LogP contribution in [0.25, 0.3) is 0 Å². The largest absolute Gasteiger partial charge is 0.468 e. The number of hydrogen-bond acceptors (Lipinski definition) is 6. The molecule has 0 aromatic rings. The maximum Gasteiger partial charge on any atom is 0.324 e. The molecule has 0 spiro atoms. The fourth-order valence-electron chi connectivity index (χ4n) is 1.63. The second kappa shape index (κ2) is 6.10. The Kier molecular flexibility index (Phi) is 5.08. The van der Waals surface area contributed by atoms with Crippen molar-refractivity contribution in [1.29, 1.82) is 0 Å². The smallest absolute Gasteiger partial charge is 0.324 e. The summed E-state index contributed by atoms with van der Waals surface area (Å²) >= 11 is 1.67. The van der Waals surface area contributed by atoms with Gasteiger partial charge < -0.3 is 9.47 Å². The SMILES string of the molecule is COC(=O)[C@H](CCSC)N1C[C@H]1C(=O)OC. The Morgan fingerprint density at radius 3 is 2.62 bits per heavy atom. The number of rotatable bonds is 6. The second-order valence-electron chi connectivity index (χ2n) is 3.56. The molecule has 1 rings (SSSR count). The van der Waals surface area contributed by atoms with Crippen molar-refractivity contribution in [2.45, 2.75) is 18.5 Å². The van der Waals surface area contributed by atoms with Crippen molar-refractivity contribution in [1.82, 2.24) is 4.90 Å². The van der Waals surface area contributed by atoms with Crippen LogP contribution in [0.2, 0.25) is 0 Å². The van der Waals surface area contributed by atoms with Gasteiger partial charge in [0.25, 0.3) is 0 Å². The molecule has 1 fully saturated rings. The van der Waals surface area contributed by atoms with Gasteiger partial charge in [-0.3, -0.25) is 14.5 Å². The van der Waals surface area contributed by atoms with Gasteiger partial charge in [0.05, 0.1) is 14.2 Å². The van der Waals surface area contributed by atoms with Crippen molar-refractivity contribution >= 4 is 23.7 Å². The van der Waals surface area contributed by atoms with Gasteiger partial charge in [0.15, 0.2) is 0 Å². The van der Waals surface area contributed by atoms with Gasteiger partial charge in [0, 0.05) is 6.54 Å². The standard InChI is InChI=1S/C10H17NO4S/c1-14-9(12)7(4-5-16-3)11-6-8(11)10(13)15-2/h7-8H,4-6H2,1-3H3/t7-,8-,11?/m0/s1. The van der Waals surface area contributed by atoms with E-state index in [0.717, 1.165) is 5.75 Å². The summed E-state index contributed by atoms with van der Waals surface area (Å²) in [5.74, 6) is 0.308. The lowest BCUT2D eigenvalue weighted by atomic mass is 10.2. The summed E-state index contributed by atoms with van der Waals surface area (Å²) in [6.07, 6.45) is 2.68. The van der Waals surface area contributed by atoms with Gasteiger partial charge in [0.2, 0.25) is 0 Å². The van der Waals surface area contributed by atoms with Crippen LogP contribution in [0.1, 0.15) is 6.42 Å². The topological polar surface area (TPSA) is 55.6 Å². The quantitative estimate of drug-likeness (QED) is 0.491. The Bertz CT molecular complexity index is 272. The molecule has 1 unspecified atom stereocenters. The van der Waals surface area contributed by atoms with Crippen LogP contribution in [0.5, 0.6) is 0 Å². The van der Waals surface area contributed by atoms with Crippen LogP contribution < -0.4 is 0 Å². The van der Waals surface area contributed by atoms with Crippen LogP contribution in [0, 0.1) is 0 Å². The number of esters is 2. The number of nitrogens with zero attached hydrogens (tertiary/aromatic N) is 1. The van der Waals surface area contributed by atoms with Crippen molar-refractivity contribution in [3.63, 3.8) is 0 Å². The molecular formula is C10H17NO4S. The molecule has 3 atom stereocenters. The molecule has 0 aromatic heterocycles. The third-order valence-corrected chi connectivity index (χ3v) is 3.24. The first kappa shape index (κ1) is 13.3. The summed E-state index contributed by atoms with van der Waals surface area (Å²) in [4.78, 5) is 24.6. The van der Waals surface area contributed by atoms with E-state index in [0.29, 0.717) is 13.0 Å². The van der Waals surface area contributed by atoms with E-state index in [1.807, 2.05) is 11.2 Å². The van der Waals surface area contributed by atoms with Crippen molar-refractivity contribution in [2.75, 3.05) is 32.8 Å². The molecule has 1 aliphatic rings. The van der Waals surface area contributed by atoms with Gasteiger partial charge in [-0.15, -0.1) is 0 Å². The molecule has 1 heterocycles. The maximum atomic E-state index is 11.5. The zero-order chi connectivity index (χ0) is 12.1. The minimum absolute atomic E-state index is 0.268. The Balaban J connectivity index is 2.52. The normalized spacial score (nSPS) is 24.7. The molecule has 0 aliphatic carbocycles. The molecule has 1 saturated heterocycles. The highest BCUT2D eigenvalue weighted by Gasteiger charge is 2.48. The number of ether oxygens (including phenoxy) is 2. The number of carbonyl (C=O) groups is 2. The summed E-state index contributed by atoms with van der Waals surface area (Å²) in [5.41, 5.74) is 0. The number of methoxy groups -OCH3 is 2. The van der Waals surface area contributed by atoms with Crippen molar-refractivity contribution in [2.24, 2.45) is 0 Å². The van der Waals surface area contributed by atoms with Gasteiger partial charge in [-0.1, -0.05) is 0 Å². The Morgan fingerprint density at radius 2 is 2.12 bits per heavy atom. The fourth-order valence-corrected chi connectivity index (χ4v) is 2.09. The van der Waals surface area contributed by atoms with Crippen molar-refractivity contribution < 1.29 is 19.1 Å². The average molecular weight is 247 g/mol. The Labute approximate surface area is 99.5 Å². The third-order valence-electron chi connectivity index (χ3n) is 2.59. The molecule has 0 amide bonds. The van der Waals surface area contributed by atoms with E-state index in [1.54, 1.807) is 11.8 Å². The molecule has 1 aliphatic heterocycles. The zero-order valence-electron chi connectivity index (χ0n) is 9.76. The lowest BCUT2D eigenvalue weighted by molar-refractivity contribution is -0.146. The third kappa shape index (κ3) is 3.12. The lowest BCUT2D eigenvalue weighted by Gasteiger charge is -2.15. The van der Waals surface area contributed by atoms with E-state index in [1.165, 1.54) is 14.2 Å². The van der Waals surface area contributed by atoms with Gasteiger partial charge >= 0.3 is 11.9 Å². The molecular weight excluding hydrogens is 230 g/mol. The van der Waals surface area contributed by atoms with Gasteiger partial charge in [-0.25, -0.2) is 0 Å². The molecule has 5 nitrogen and oxygen atoms in total. The average Bonchev–Trinajstić information content (AvgIpc) is 3.08. The minimum atomic E-state index is -0.318. The number of hydrogen-bond donors (Lipinski definition) is 0. The summed E-state index contributed by atoms with van der Waals surface area (Å²) < 4.78 is 9.36. The second-order valence-corrected chi connectivity index (χ2v) is 4.54. The maximum absolute atomic E-state index is 11.5. The molecule has 0 saturated carbocycles.